The average Bonchev–Trinajstić information content (AvgIpc) is 2.95. The molecule has 7 nitrogen and oxygen atoms in total. The molecular formula is C33H31N3O4. The number of amides is 1. The summed E-state index contributed by atoms with van der Waals surface area (Å²) in [4.78, 5) is 50.1. The Balaban J connectivity index is 1.49. The van der Waals surface area contributed by atoms with Gasteiger partial charge in [-0.15, -0.1) is 5.92 Å². The van der Waals surface area contributed by atoms with E-state index in [0.717, 1.165) is 22.3 Å². The summed E-state index contributed by atoms with van der Waals surface area (Å²) in [5, 5.41) is 0. The van der Waals surface area contributed by atoms with Crippen LogP contribution in [-0.4, -0.2) is 45.6 Å². The van der Waals surface area contributed by atoms with Gasteiger partial charge in [-0.05, 0) is 92.1 Å². The van der Waals surface area contributed by atoms with E-state index in [1.54, 1.807) is 49.8 Å². The first kappa shape index (κ1) is 27.0. The number of pyridine rings is 2. The average molecular weight is 534 g/mol. The fourth-order valence-corrected chi connectivity index (χ4v) is 5.88. The van der Waals surface area contributed by atoms with Crippen LogP contribution >= 0.6 is 0 Å². The zero-order chi connectivity index (χ0) is 28.3. The van der Waals surface area contributed by atoms with Gasteiger partial charge in [0, 0.05) is 56.3 Å². The molecule has 1 aliphatic carbocycles. The van der Waals surface area contributed by atoms with Crippen molar-refractivity contribution in [3.05, 3.63) is 100 Å². The number of carbonyl (C=O) groups excluding carboxylic acids is 3. The van der Waals surface area contributed by atoms with Gasteiger partial charge < -0.3 is 9.64 Å². The summed E-state index contributed by atoms with van der Waals surface area (Å²) < 4.78 is 6.04. The maximum Gasteiger partial charge on any atom is 0.344 e. The lowest BCUT2D eigenvalue weighted by Crippen LogP contribution is -2.45. The van der Waals surface area contributed by atoms with Crippen molar-refractivity contribution in [2.45, 2.75) is 46.5 Å². The molecule has 202 valence electrons. The number of benzene rings is 1. The molecule has 2 aliphatic rings. The Hall–Kier alpha value is -4.57. The number of aryl methyl sites for hydroxylation is 2. The van der Waals surface area contributed by atoms with Crippen molar-refractivity contribution in [3.63, 3.8) is 0 Å². The van der Waals surface area contributed by atoms with Gasteiger partial charge in [0.2, 0.25) is 0 Å². The van der Waals surface area contributed by atoms with Gasteiger partial charge in [-0.25, -0.2) is 4.79 Å². The molecule has 0 atom stereocenters. The number of esters is 1. The van der Waals surface area contributed by atoms with Crippen molar-refractivity contribution in [2.75, 3.05) is 13.1 Å². The molecule has 1 aromatic carbocycles. The number of nitrogens with zero attached hydrogens (tertiary/aromatic N) is 3. The lowest BCUT2D eigenvalue weighted by Gasteiger charge is -2.44. The second-order valence-electron chi connectivity index (χ2n) is 10.6. The predicted octanol–water partition coefficient (Wildman–Crippen LogP) is 5.32. The van der Waals surface area contributed by atoms with Crippen LogP contribution in [0.4, 0.5) is 0 Å². The van der Waals surface area contributed by atoms with E-state index >= 15 is 0 Å². The number of likely N-dealkylation sites (tertiary alicyclic amines) is 1. The summed E-state index contributed by atoms with van der Waals surface area (Å²) in [5.74, 6) is 5.74. The summed E-state index contributed by atoms with van der Waals surface area (Å²) in [6.45, 7) is 6.73. The van der Waals surface area contributed by atoms with Crippen molar-refractivity contribution in [3.8, 4) is 11.8 Å². The van der Waals surface area contributed by atoms with Crippen LogP contribution in [0, 0.1) is 31.1 Å². The van der Waals surface area contributed by atoms with Crippen LogP contribution in [0.15, 0.2) is 66.9 Å². The second-order valence-corrected chi connectivity index (χ2v) is 10.6. The maximum absolute atomic E-state index is 14.0. The molecule has 1 aliphatic heterocycles. The van der Waals surface area contributed by atoms with Crippen LogP contribution in [0.25, 0.3) is 5.57 Å². The Morgan fingerprint density at radius 3 is 2.15 bits per heavy atom. The van der Waals surface area contributed by atoms with Crippen molar-refractivity contribution in [1.82, 2.24) is 14.9 Å². The zero-order valence-corrected chi connectivity index (χ0v) is 23.0. The lowest BCUT2D eigenvalue weighted by atomic mass is 9.66. The Labute approximate surface area is 234 Å². The first-order valence-corrected chi connectivity index (χ1v) is 13.4. The topological polar surface area (TPSA) is 89.5 Å². The normalized spacial score (nSPS) is 16.4. The predicted molar refractivity (Wildman–Crippen MR) is 151 cm³/mol. The molecule has 40 heavy (non-hydrogen) atoms. The molecule has 0 N–H and O–H groups in total. The fraction of sp³-hybridized carbons (Fsp3) is 0.303. The Morgan fingerprint density at radius 2 is 1.57 bits per heavy atom. The molecule has 0 bridgehead atoms. The van der Waals surface area contributed by atoms with E-state index in [9.17, 15) is 14.4 Å². The third kappa shape index (κ3) is 5.43. The lowest BCUT2D eigenvalue weighted by molar-refractivity contribution is -0.117. The minimum atomic E-state index is -0.543. The van der Waals surface area contributed by atoms with Crippen LogP contribution in [0.1, 0.15) is 75.6 Å². The SMILES string of the molecule is CC#Cc1cc(C)c(C2=C(OC(=O)c3cccnc3)CC3(CCN(C(=O)c4cccnc4)CC3)CC2=O)c(C)c1. The van der Waals surface area contributed by atoms with Gasteiger partial charge in [0.15, 0.2) is 5.78 Å². The van der Waals surface area contributed by atoms with Crippen LogP contribution in [0.3, 0.4) is 0 Å². The summed E-state index contributed by atoms with van der Waals surface area (Å²) in [7, 11) is 0. The number of ether oxygens (including phenoxy) is 1. The third-order valence-electron chi connectivity index (χ3n) is 7.81. The van der Waals surface area contributed by atoms with Gasteiger partial charge in [0.1, 0.15) is 5.76 Å². The number of piperidine rings is 1. The number of Topliss-reactive ketones (excluding diaryl/α,β-unsaturated/α-hetero) is 1. The molecule has 1 amide bonds. The molecule has 3 heterocycles. The van der Waals surface area contributed by atoms with Gasteiger partial charge in [-0.2, -0.15) is 0 Å². The molecule has 1 spiro atoms. The fourth-order valence-electron chi connectivity index (χ4n) is 5.88. The van der Waals surface area contributed by atoms with Gasteiger partial charge in [-0.3, -0.25) is 19.6 Å². The highest BCUT2D eigenvalue weighted by molar-refractivity contribution is 6.23. The summed E-state index contributed by atoms with van der Waals surface area (Å²) in [6, 6.07) is 10.8. The van der Waals surface area contributed by atoms with Gasteiger partial charge in [0.25, 0.3) is 5.91 Å². The Bertz CT molecular complexity index is 1530. The van der Waals surface area contributed by atoms with E-state index in [1.165, 1.54) is 6.20 Å². The van der Waals surface area contributed by atoms with E-state index in [0.29, 0.717) is 61.2 Å². The number of aromatic nitrogens is 2. The van der Waals surface area contributed by atoms with Crippen molar-refractivity contribution < 1.29 is 19.1 Å². The Kier molecular flexibility index (Phi) is 7.61. The molecule has 0 radical (unpaired) electrons. The first-order valence-electron chi connectivity index (χ1n) is 13.4. The van der Waals surface area contributed by atoms with Crippen LogP contribution < -0.4 is 0 Å². The smallest absolute Gasteiger partial charge is 0.344 e. The number of allylic oxidation sites excluding steroid dienone is 2. The second kappa shape index (κ2) is 11.3. The Morgan fingerprint density at radius 1 is 0.950 bits per heavy atom. The van der Waals surface area contributed by atoms with E-state index in [4.69, 9.17) is 4.74 Å². The number of ketones is 1. The van der Waals surface area contributed by atoms with Crippen molar-refractivity contribution in [1.29, 1.82) is 0 Å². The van der Waals surface area contributed by atoms with Crippen LogP contribution in [0.5, 0.6) is 0 Å². The van der Waals surface area contributed by atoms with Gasteiger partial charge >= 0.3 is 5.97 Å². The molecule has 7 heteroatoms. The molecule has 1 saturated heterocycles. The van der Waals surface area contributed by atoms with Crippen molar-refractivity contribution >= 4 is 23.2 Å². The number of hydrogen-bond donors (Lipinski definition) is 0. The van der Waals surface area contributed by atoms with Crippen LogP contribution in [-0.2, 0) is 9.53 Å². The van der Waals surface area contributed by atoms with E-state index in [2.05, 4.69) is 21.8 Å². The van der Waals surface area contributed by atoms with Crippen LogP contribution in [0.2, 0.25) is 0 Å². The number of hydrogen-bond acceptors (Lipinski definition) is 6. The van der Waals surface area contributed by atoms with Crippen molar-refractivity contribution in [2.24, 2.45) is 5.41 Å². The maximum atomic E-state index is 14.0. The van der Waals surface area contributed by atoms with Gasteiger partial charge in [0.05, 0.1) is 16.7 Å². The minimum Gasteiger partial charge on any atom is -0.427 e. The highest BCUT2D eigenvalue weighted by Gasteiger charge is 2.45. The molecule has 2 aromatic heterocycles. The summed E-state index contributed by atoms with van der Waals surface area (Å²) in [6.07, 6.45) is 8.30. The molecule has 0 unspecified atom stereocenters. The molecule has 3 aromatic rings. The monoisotopic (exact) mass is 533 g/mol. The quantitative estimate of drug-likeness (QED) is 0.333. The highest BCUT2D eigenvalue weighted by atomic mass is 16.5. The summed E-state index contributed by atoms with van der Waals surface area (Å²) in [5.41, 5.74) is 4.41. The van der Waals surface area contributed by atoms with Gasteiger partial charge in [-0.1, -0.05) is 5.92 Å². The van der Waals surface area contributed by atoms with E-state index in [1.807, 2.05) is 30.9 Å². The largest absolute Gasteiger partial charge is 0.427 e. The standard InChI is InChI=1S/C33H31N3O4/c1-4-7-24-16-22(2)29(23(3)17-24)30-27(37)18-33(19-28(30)40-32(39)26-9-6-13-35-21-26)10-14-36(15-11-33)31(38)25-8-5-12-34-20-25/h5-6,8-9,12-13,16-17,20-21H,10-11,14-15,18-19H2,1-3H3. The van der Waals surface area contributed by atoms with E-state index < -0.39 is 11.4 Å². The number of carbonyl (C=O) groups is 3. The zero-order valence-electron chi connectivity index (χ0n) is 23.0. The van der Waals surface area contributed by atoms with E-state index in [-0.39, 0.29) is 11.7 Å². The highest BCUT2D eigenvalue weighted by Crippen LogP contribution is 2.48. The molecule has 0 saturated carbocycles. The first-order chi connectivity index (χ1) is 19.3. The molecule has 5 rings (SSSR count). The molecule has 1 fully saturated rings. The third-order valence-corrected chi connectivity index (χ3v) is 7.81. The minimum absolute atomic E-state index is 0.0483. The number of rotatable bonds is 4. The molecular weight excluding hydrogens is 502 g/mol. The summed E-state index contributed by atoms with van der Waals surface area (Å²) >= 11 is 0.